The summed E-state index contributed by atoms with van der Waals surface area (Å²) in [6.45, 7) is 9.64. The lowest BCUT2D eigenvalue weighted by molar-refractivity contribution is -0.123. The van der Waals surface area contributed by atoms with Crippen LogP contribution >= 0.6 is 0 Å². The second kappa shape index (κ2) is 7.31. The van der Waals surface area contributed by atoms with Crippen molar-refractivity contribution in [3.05, 3.63) is 29.8 Å². The normalized spacial score (nSPS) is 25.9. The number of carbonyl (C=O) groups is 1. The fourth-order valence-electron chi connectivity index (χ4n) is 3.98. The van der Waals surface area contributed by atoms with Crippen molar-refractivity contribution in [2.75, 3.05) is 29.5 Å². The van der Waals surface area contributed by atoms with Crippen LogP contribution in [0.3, 0.4) is 0 Å². The molecule has 0 aliphatic carbocycles. The molecule has 1 aromatic carbocycles. The minimum atomic E-state index is -3.12. The molecule has 0 aromatic heterocycles. The maximum Gasteiger partial charge on any atom is 0.241 e. The number of hydrogen-bond donors (Lipinski definition) is 0. The Morgan fingerprint density at radius 2 is 1.65 bits per heavy atom. The first-order valence-electron chi connectivity index (χ1n) is 9.54. The maximum absolute atomic E-state index is 12.9. The maximum atomic E-state index is 12.9. The molecule has 0 N–H and O–H groups in total. The van der Waals surface area contributed by atoms with Crippen molar-refractivity contribution < 1.29 is 13.2 Å². The summed E-state index contributed by atoms with van der Waals surface area (Å²) in [6.07, 6.45) is 0.972. The third-order valence-corrected chi connectivity index (χ3v) is 7.23. The van der Waals surface area contributed by atoms with Gasteiger partial charge in [0.2, 0.25) is 5.91 Å². The van der Waals surface area contributed by atoms with Gasteiger partial charge < -0.3 is 4.90 Å². The van der Waals surface area contributed by atoms with Gasteiger partial charge in [0.15, 0.2) is 9.84 Å². The van der Waals surface area contributed by atoms with Gasteiger partial charge in [-0.3, -0.25) is 9.69 Å². The first-order chi connectivity index (χ1) is 12.2. The summed E-state index contributed by atoms with van der Waals surface area (Å²) < 4.78 is 24.7. The van der Waals surface area contributed by atoms with Crippen LogP contribution in [0.2, 0.25) is 0 Å². The van der Waals surface area contributed by atoms with E-state index >= 15 is 0 Å². The third-order valence-electron chi connectivity index (χ3n) is 5.53. The fourth-order valence-corrected chi connectivity index (χ4v) is 5.96. The Hall–Kier alpha value is -1.40. The largest absolute Gasteiger partial charge is 0.306 e. The quantitative estimate of drug-likeness (QED) is 0.790. The van der Waals surface area contributed by atoms with Gasteiger partial charge in [0.1, 0.15) is 0 Å². The van der Waals surface area contributed by atoms with Gasteiger partial charge in [-0.05, 0) is 42.5 Å². The molecule has 2 aliphatic rings. The number of anilines is 1. The predicted octanol–water partition coefficient (Wildman–Crippen LogP) is 2.67. The van der Waals surface area contributed by atoms with Crippen molar-refractivity contribution in [3.63, 3.8) is 0 Å². The molecule has 1 aromatic rings. The molecular formula is C20H30N2O3S. The van der Waals surface area contributed by atoms with E-state index in [4.69, 9.17) is 0 Å². The highest BCUT2D eigenvalue weighted by Gasteiger charge is 2.49. The topological polar surface area (TPSA) is 57.7 Å². The van der Waals surface area contributed by atoms with Gasteiger partial charge in [-0.2, -0.15) is 0 Å². The van der Waals surface area contributed by atoms with Gasteiger partial charge in [0.25, 0.3) is 0 Å². The highest BCUT2D eigenvalue weighted by Crippen LogP contribution is 2.32. The Labute approximate surface area is 157 Å². The van der Waals surface area contributed by atoms with E-state index in [1.54, 1.807) is 4.90 Å². The van der Waals surface area contributed by atoms with Gasteiger partial charge in [0, 0.05) is 11.7 Å². The molecule has 2 atom stereocenters. The smallest absolute Gasteiger partial charge is 0.241 e. The van der Waals surface area contributed by atoms with E-state index in [-0.39, 0.29) is 29.5 Å². The third kappa shape index (κ3) is 3.96. The molecule has 2 aliphatic heterocycles. The summed E-state index contributed by atoms with van der Waals surface area (Å²) in [7, 11) is -3.12. The van der Waals surface area contributed by atoms with Crippen LogP contribution in [0.4, 0.5) is 5.69 Å². The Balaban J connectivity index is 1.88. The highest BCUT2D eigenvalue weighted by molar-refractivity contribution is 7.91. The van der Waals surface area contributed by atoms with Crippen LogP contribution in [-0.4, -0.2) is 55.9 Å². The lowest BCUT2D eigenvalue weighted by atomic mass is 9.99. The number of benzene rings is 1. The number of amides is 1. The molecule has 5 nitrogen and oxygen atoms in total. The standard InChI is InChI=1S/C20H30N2O3S/c1-14(2)9-10-21-11-20(23)22(19-13-26(24,25)12-18(19)21)17-7-5-16(6-8-17)15(3)4/h5-8,14-15,18-19H,9-13H2,1-4H3/t18-,19+/m0/s1. The zero-order valence-corrected chi connectivity index (χ0v) is 17.0. The molecule has 2 saturated heterocycles. The van der Waals surface area contributed by atoms with E-state index in [0.717, 1.165) is 18.7 Å². The minimum Gasteiger partial charge on any atom is -0.306 e. The molecule has 2 fully saturated rings. The lowest BCUT2D eigenvalue weighted by Gasteiger charge is -2.43. The van der Waals surface area contributed by atoms with E-state index in [0.29, 0.717) is 18.4 Å². The van der Waals surface area contributed by atoms with Crippen LogP contribution in [0.25, 0.3) is 0 Å². The molecule has 6 heteroatoms. The minimum absolute atomic E-state index is 0.00408. The lowest BCUT2D eigenvalue weighted by Crippen LogP contribution is -2.62. The van der Waals surface area contributed by atoms with E-state index in [1.807, 2.05) is 24.3 Å². The Kier molecular flexibility index (Phi) is 5.45. The Morgan fingerprint density at radius 3 is 2.23 bits per heavy atom. The SMILES string of the molecule is CC(C)CCN1CC(=O)N(c2ccc(C(C)C)cc2)[C@@H]2CS(=O)(=O)C[C@@H]21. The number of hydrogen-bond acceptors (Lipinski definition) is 4. The van der Waals surface area contributed by atoms with Crippen molar-refractivity contribution in [2.24, 2.45) is 5.92 Å². The molecule has 144 valence electrons. The van der Waals surface area contributed by atoms with Gasteiger partial charge in [-0.15, -0.1) is 0 Å². The summed E-state index contributed by atoms with van der Waals surface area (Å²) in [6, 6.07) is 7.62. The fraction of sp³-hybridized carbons (Fsp3) is 0.650. The van der Waals surface area contributed by atoms with Gasteiger partial charge >= 0.3 is 0 Å². The summed E-state index contributed by atoms with van der Waals surface area (Å²) in [5, 5.41) is 0. The summed E-state index contributed by atoms with van der Waals surface area (Å²) in [5.74, 6) is 1.18. The molecule has 0 unspecified atom stereocenters. The molecule has 26 heavy (non-hydrogen) atoms. The highest BCUT2D eigenvalue weighted by atomic mass is 32.2. The monoisotopic (exact) mass is 378 g/mol. The number of sulfone groups is 1. The summed E-state index contributed by atoms with van der Waals surface area (Å²) in [4.78, 5) is 16.7. The Morgan fingerprint density at radius 1 is 1.04 bits per heavy atom. The molecule has 0 saturated carbocycles. The van der Waals surface area contributed by atoms with Crippen LogP contribution in [-0.2, 0) is 14.6 Å². The Bertz CT molecular complexity index is 756. The van der Waals surface area contributed by atoms with Crippen LogP contribution in [0.5, 0.6) is 0 Å². The zero-order chi connectivity index (χ0) is 19.1. The predicted molar refractivity (Wildman–Crippen MR) is 105 cm³/mol. The van der Waals surface area contributed by atoms with E-state index in [9.17, 15) is 13.2 Å². The molecule has 0 radical (unpaired) electrons. The van der Waals surface area contributed by atoms with Crippen LogP contribution < -0.4 is 4.90 Å². The second-order valence-electron chi connectivity index (χ2n) is 8.37. The number of piperazine rings is 1. The molecular weight excluding hydrogens is 348 g/mol. The van der Waals surface area contributed by atoms with Crippen molar-refractivity contribution in [3.8, 4) is 0 Å². The number of rotatable bonds is 5. The number of fused-ring (bicyclic) bond motifs is 1. The van der Waals surface area contributed by atoms with Gasteiger partial charge in [-0.25, -0.2) is 8.42 Å². The average molecular weight is 379 g/mol. The number of nitrogens with zero attached hydrogens (tertiary/aromatic N) is 2. The van der Waals surface area contributed by atoms with Crippen LogP contribution in [0.1, 0.15) is 45.6 Å². The van der Waals surface area contributed by atoms with Crippen LogP contribution in [0, 0.1) is 5.92 Å². The van der Waals surface area contributed by atoms with Crippen LogP contribution in [0.15, 0.2) is 24.3 Å². The molecule has 0 bridgehead atoms. The van der Waals surface area contributed by atoms with E-state index in [2.05, 4.69) is 32.6 Å². The van der Waals surface area contributed by atoms with Crippen molar-refractivity contribution in [1.29, 1.82) is 0 Å². The first kappa shape index (κ1) is 19.4. The summed E-state index contributed by atoms with van der Waals surface area (Å²) in [5.41, 5.74) is 2.03. The van der Waals surface area contributed by atoms with Gasteiger partial charge in [0.05, 0.1) is 24.1 Å². The first-order valence-corrected chi connectivity index (χ1v) is 11.4. The average Bonchev–Trinajstić information content (AvgIpc) is 2.87. The second-order valence-corrected chi connectivity index (χ2v) is 10.5. The molecule has 2 heterocycles. The molecule has 3 rings (SSSR count). The van der Waals surface area contributed by atoms with Crippen molar-refractivity contribution in [1.82, 2.24) is 4.90 Å². The summed E-state index contributed by atoms with van der Waals surface area (Å²) >= 11 is 0. The number of carbonyl (C=O) groups excluding carboxylic acids is 1. The van der Waals surface area contributed by atoms with Crippen molar-refractivity contribution in [2.45, 2.75) is 52.1 Å². The molecule has 1 amide bonds. The molecule has 0 spiro atoms. The van der Waals surface area contributed by atoms with Gasteiger partial charge in [-0.1, -0.05) is 39.8 Å². The van der Waals surface area contributed by atoms with Crippen molar-refractivity contribution >= 4 is 21.4 Å². The van der Waals surface area contributed by atoms with E-state index in [1.165, 1.54) is 5.56 Å². The zero-order valence-electron chi connectivity index (χ0n) is 16.2. The van der Waals surface area contributed by atoms with E-state index < -0.39 is 9.84 Å².